The molecule has 0 amide bonds. The van der Waals surface area contributed by atoms with Crippen LogP contribution < -0.4 is 4.78 Å². The van der Waals surface area contributed by atoms with Crippen molar-refractivity contribution in [1.82, 2.24) is 0 Å². The smallest absolute Gasteiger partial charge is 0.133 e. The van der Waals surface area contributed by atoms with Gasteiger partial charge in [0.15, 0.2) is 0 Å². The van der Waals surface area contributed by atoms with Crippen molar-refractivity contribution in [3.8, 4) is 0 Å². The van der Waals surface area contributed by atoms with Gasteiger partial charge in [0.05, 0.1) is 0 Å². The van der Waals surface area contributed by atoms with E-state index in [1.165, 1.54) is 17.4 Å². The van der Waals surface area contributed by atoms with Crippen LogP contribution in [0.3, 0.4) is 0 Å². The van der Waals surface area contributed by atoms with Gasteiger partial charge < -0.3 is 0 Å². The molecule has 1 heterocycles. The molecular weight excluding hydrogens is 122 g/mol. The minimum absolute atomic E-state index is 0.280. The topological polar surface area (TPSA) is 0 Å². The van der Waals surface area contributed by atoms with Gasteiger partial charge in [-0.15, -0.1) is 0 Å². The van der Waals surface area contributed by atoms with Crippen molar-refractivity contribution in [3.05, 3.63) is 16.8 Å². The summed E-state index contributed by atoms with van der Waals surface area (Å²) in [6.07, 6.45) is 0. The first kappa shape index (κ1) is 5.82. The quantitative estimate of drug-likeness (QED) is 0.454. The molecule has 1 rings (SSSR count). The van der Waals surface area contributed by atoms with Crippen LogP contribution in [0.2, 0.25) is 0 Å². The zero-order chi connectivity index (χ0) is 6.15. The summed E-state index contributed by atoms with van der Waals surface area (Å²) in [5.41, 5.74) is 0. The molecular formula is C5H4BFS. The van der Waals surface area contributed by atoms with E-state index < -0.39 is 0 Å². The molecule has 8 heavy (non-hydrogen) atoms. The first-order chi connectivity index (χ1) is 3.70. The molecule has 0 saturated heterocycles. The van der Waals surface area contributed by atoms with Crippen molar-refractivity contribution in [3.63, 3.8) is 0 Å². The molecule has 0 saturated carbocycles. The van der Waals surface area contributed by atoms with Gasteiger partial charge in [-0.05, 0) is 17.8 Å². The second-order valence-electron chi connectivity index (χ2n) is 1.57. The number of thiophene rings is 1. The van der Waals surface area contributed by atoms with Gasteiger partial charge in [-0.25, -0.2) is 4.39 Å². The molecule has 0 bridgehead atoms. The lowest BCUT2D eigenvalue weighted by molar-refractivity contribution is 0.640. The maximum absolute atomic E-state index is 12.2. The Bertz CT molecular complexity index is 175. The Morgan fingerprint density at radius 1 is 1.75 bits per heavy atom. The average molecular weight is 126 g/mol. The van der Waals surface area contributed by atoms with Gasteiger partial charge >= 0.3 is 0 Å². The van der Waals surface area contributed by atoms with Crippen LogP contribution in [0.5, 0.6) is 0 Å². The summed E-state index contributed by atoms with van der Waals surface area (Å²) >= 11 is 1.27. The van der Waals surface area contributed by atoms with Crippen LogP contribution >= 0.6 is 11.3 Å². The van der Waals surface area contributed by atoms with Crippen LogP contribution in [0.4, 0.5) is 4.39 Å². The Hall–Kier alpha value is -0.305. The minimum Gasteiger partial charge on any atom is -0.207 e. The first-order valence-corrected chi connectivity index (χ1v) is 3.03. The molecule has 1 aromatic rings. The highest BCUT2D eigenvalue weighted by atomic mass is 32.1. The Morgan fingerprint density at radius 3 is 2.50 bits per heavy atom. The number of rotatable bonds is 0. The number of hydrogen-bond donors (Lipinski definition) is 0. The van der Waals surface area contributed by atoms with E-state index >= 15 is 0 Å². The van der Waals surface area contributed by atoms with Crippen LogP contribution in [0.25, 0.3) is 0 Å². The summed E-state index contributed by atoms with van der Waals surface area (Å²) in [5, 5.41) is 0. The lowest BCUT2D eigenvalue weighted by atomic mass is 10.1. The molecule has 2 radical (unpaired) electrons. The molecule has 0 aliphatic heterocycles. The van der Waals surface area contributed by atoms with Gasteiger partial charge in [-0.1, -0.05) is 0 Å². The van der Waals surface area contributed by atoms with Crippen molar-refractivity contribution in [2.75, 3.05) is 0 Å². The molecule has 1 aromatic heterocycles. The zero-order valence-electron chi connectivity index (χ0n) is 4.44. The van der Waals surface area contributed by atoms with Gasteiger partial charge in [0, 0.05) is 4.88 Å². The number of halogens is 1. The van der Waals surface area contributed by atoms with Gasteiger partial charge in [0.25, 0.3) is 0 Å². The van der Waals surface area contributed by atoms with Crippen LogP contribution in [-0.4, -0.2) is 7.85 Å². The fourth-order valence-corrected chi connectivity index (χ4v) is 1.17. The van der Waals surface area contributed by atoms with Crippen LogP contribution in [0.1, 0.15) is 4.88 Å². The van der Waals surface area contributed by atoms with E-state index in [-0.39, 0.29) is 10.6 Å². The summed E-state index contributed by atoms with van der Waals surface area (Å²) in [5.74, 6) is -0.299. The summed E-state index contributed by atoms with van der Waals surface area (Å²) in [6.45, 7) is 1.82. The molecule has 0 aliphatic rings. The van der Waals surface area contributed by atoms with E-state index in [0.717, 1.165) is 4.88 Å². The number of hydrogen-bond acceptors (Lipinski definition) is 1. The second-order valence-corrected chi connectivity index (χ2v) is 2.86. The van der Waals surface area contributed by atoms with Crippen LogP contribution in [0.15, 0.2) is 6.07 Å². The molecule has 0 nitrogen and oxygen atoms in total. The Labute approximate surface area is 52.8 Å². The third-order valence-electron chi connectivity index (χ3n) is 0.836. The summed E-state index contributed by atoms with van der Waals surface area (Å²) < 4.78 is 12.5. The standard InChI is InChI=1S/C5H4BFS/c1-3-2-4(7)5(6)8-3/h2H,1H3. The molecule has 0 unspecified atom stereocenters. The van der Waals surface area contributed by atoms with Crippen molar-refractivity contribution in [1.29, 1.82) is 0 Å². The lowest BCUT2D eigenvalue weighted by Crippen LogP contribution is -1.97. The summed E-state index contributed by atoms with van der Waals surface area (Å²) in [4.78, 5) is 0.917. The molecule has 3 heteroatoms. The lowest BCUT2D eigenvalue weighted by Gasteiger charge is -1.75. The Kier molecular flexibility index (Phi) is 1.38. The van der Waals surface area contributed by atoms with Crippen molar-refractivity contribution < 1.29 is 4.39 Å². The summed E-state index contributed by atoms with van der Waals surface area (Å²) in [6, 6.07) is 1.43. The van der Waals surface area contributed by atoms with Gasteiger partial charge in [-0.2, -0.15) is 11.3 Å². The third-order valence-corrected chi connectivity index (χ3v) is 1.69. The SMILES string of the molecule is [B]c1sc(C)cc1F. The average Bonchev–Trinajstić information content (AvgIpc) is 1.85. The summed E-state index contributed by atoms with van der Waals surface area (Å²) in [7, 11) is 5.18. The Morgan fingerprint density at radius 2 is 2.38 bits per heavy atom. The normalized spacial score (nSPS) is 9.75. The maximum atomic E-state index is 12.2. The zero-order valence-corrected chi connectivity index (χ0v) is 5.26. The van der Waals surface area contributed by atoms with Crippen LogP contribution in [0, 0.1) is 12.7 Å². The number of aryl methyl sites for hydroxylation is 1. The molecule has 0 N–H and O–H groups in total. The van der Waals surface area contributed by atoms with E-state index in [9.17, 15) is 4.39 Å². The fourth-order valence-electron chi connectivity index (χ4n) is 0.501. The van der Waals surface area contributed by atoms with E-state index in [4.69, 9.17) is 7.85 Å². The predicted molar refractivity (Wildman–Crippen MR) is 34.4 cm³/mol. The van der Waals surface area contributed by atoms with Crippen LogP contribution in [-0.2, 0) is 0 Å². The molecule has 0 aromatic carbocycles. The van der Waals surface area contributed by atoms with Crippen molar-refractivity contribution >= 4 is 24.0 Å². The van der Waals surface area contributed by atoms with E-state index in [1.54, 1.807) is 0 Å². The largest absolute Gasteiger partial charge is 0.207 e. The highest BCUT2D eigenvalue weighted by molar-refractivity contribution is 7.20. The molecule has 0 fully saturated rings. The van der Waals surface area contributed by atoms with E-state index in [0.29, 0.717) is 0 Å². The molecule has 0 spiro atoms. The molecule has 40 valence electrons. The highest BCUT2D eigenvalue weighted by Crippen LogP contribution is 2.06. The maximum Gasteiger partial charge on any atom is 0.133 e. The molecule has 0 aliphatic carbocycles. The second kappa shape index (κ2) is 1.90. The monoisotopic (exact) mass is 126 g/mol. The van der Waals surface area contributed by atoms with Gasteiger partial charge in [-0.3, -0.25) is 0 Å². The van der Waals surface area contributed by atoms with Gasteiger partial charge in [0.1, 0.15) is 13.7 Å². The third kappa shape index (κ3) is 0.918. The van der Waals surface area contributed by atoms with Gasteiger partial charge in [0.2, 0.25) is 0 Å². The minimum atomic E-state index is -0.299. The van der Waals surface area contributed by atoms with Crippen molar-refractivity contribution in [2.45, 2.75) is 6.92 Å². The van der Waals surface area contributed by atoms with Crippen molar-refractivity contribution in [2.24, 2.45) is 0 Å². The van der Waals surface area contributed by atoms with E-state index in [2.05, 4.69) is 0 Å². The first-order valence-electron chi connectivity index (χ1n) is 2.21. The predicted octanol–water partition coefficient (Wildman–Crippen LogP) is 0.989. The highest BCUT2D eigenvalue weighted by Gasteiger charge is 1.97. The Balaban J connectivity index is 3.14. The van der Waals surface area contributed by atoms with E-state index in [1.807, 2.05) is 6.92 Å². The fraction of sp³-hybridized carbons (Fsp3) is 0.200. The molecule has 0 atom stereocenters.